The SMILES string of the molecule is [2H]c1c(O)c2c(c([2H])c1C([2H])([2H])CCCC)OC(C)(C)[C@@H]1CCC(C)=C[C@@H]21. The summed E-state index contributed by atoms with van der Waals surface area (Å²) in [5.74, 6) is 0.0613. The summed E-state index contributed by atoms with van der Waals surface area (Å²) in [5.41, 5.74) is 1.15. The highest BCUT2D eigenvalue weighted by Crippen LogP contribution is 2.53. The van der Waals surface area contributed by atoms with Crippen molar-refractivity contribution in [2.75, 3.05) is 0 Å². The Morgan fingerprint density at radius 2 is 2.17 bits per heavy atom. The first kappa shape index (κ1) is 12.0. The standard InChI is InChI=1S/C21H30O2/c1-5-6-7-8-15-12-18(22)20-16-11-14(2)9-10-17(16)21(3,4)23-19(20)13-15/h11-13,16-17,22H,5-10H2,1-4H3/t16-,17-/m1/s1/i8D2,12D,13D. The first-order valence-electron chi connectivity index (χ1n) is 10.7. The molecule has 1 aromatic rings. The monoisotopic (exact) mass is 318 g/mol. The Balaban J connectivity index is 2.24. The number of aromatic hydroxyl groups is 1. The van der Waals surface area contributed by atoms with E-state index in [4.69, 9.17) is 10.2 Å². The van der Waals surface area contributed by atoms with Crippen LogP contribution < -0.4 is 4.74 Å². The molecule has 0 unspecified atom stereocenters. The Morgan fingerprint density at radius 3 is 2.91 bits per heavy atom. The molecule has 0 fully saturated rings. The first-order valence-corrected chi connectivity index (χ1v) is 8.74. The molecule has 23 heavy (non-hydrogen) atoms. The Morgan fingerprint density at radius 1 is 1.39 bits per heavy atom. The average molecular weight is 318 g/mol. The van der Waals surface area contributed by atoms with Crippen molar-refractivity contribution in [3.63, 3.8) is 0 Å². The molecule has 0 radical (unpaired) electrons. The molecule has 0 saturated heterocycles. The molecule has 3 rings (SSSR count). The zero-order valence-corrected chi connectivity index (χ0v) is 14.6. The van der Waals surface area contributed by atoms with Gasteiger partial charge < -0.3 is 9.84 Å². The van der Waals surface area contributed by atoms with Crippen LogP contribution in [-0.4, -0.2) is 10.7 Å². The van der Waals surface area contributed by atoms with Crippen molar-refractivity contribution < 1.29 is 15.3 Å². The Kier molecular flexibility index (Phi) is 3.25. The lowest BCUT2D eigenvalue weighted by Gasteiger charge is -2.46. The summed E-state index contributed by atoms with van der Waals surface area (Å²) < 4.78 is 40.2. The molecule has 2 aliphatic rings. The minimum atomic E-state index is -1.85. The van der Waals surface area contributed by atoms with Gasteiger partial charge in [-0.1, -0.05) is 31.4 Å². The maximum absolute atomic E-state index is 10.9. The fraction of sp³-hybridized carbons (Fsp3) is 0.619. The largest absolute Gasteiger partial charge is 0.507 e. The molecule has 0 saturated carbocycles. The van der Waals surface area contributed by atoms with Gasteiger partial charge in [-0.2, -0.15) is 0 Å². The molecule has 0 amide bonds. The second-order valence-corrected chi connectivity index (χ2v) is 7.39. The van der Waals surface area contributed by atoms with Gasteiger partial charge in [0.25, 0.3) is 0 Å². The smallest absolute Gasteiger partial charge is 0.127 e. The molecular formula is C21H30O2. The van der Waals surface area contributed by atoms with Crippen molar-refractivity contribution in [1.29, 1.82) is 0 Å². The van der Waals surface area contributed by atoms with E-state index in [1.54, 1.807) is 0 Å². The van der Waals surface area contributed by atoms with E-state index in [9.17, 15) is 5.11 Å². The van der Waals surface area contributed by atoms with E-state index in [0.29, 0.717) is 12.0 Å². The van der Waals surface area contributed by atoms with Crippen molar-refractivity contribution in [1.82, 2.24) is 0 Å². The fourth-order valence-corrected chi connectivity index (χ4v) is 3.85. The zero-order chi connectivity index (χ0) is 20.1. The minimum Gasteiger partial charge on any atom is -0.507 e. The van der Waals surface area contributed by atoms with E-state index in [0.717, 1.165) is 19.3 Å². The van der Waals surface area contributed by atoms with Gasteiger partial charge >= 0.3 is 0 Å². The van der Waals surface area contributed by atoms with Gasteiger partial charge in [0.05, 0.1) is 2.74 Å². The number of hydrogen-bond acceptors (Lipinski definition) is 2. The molecular weight excluding hydrogens is 284 g/mol. The van der Waals surface area contributed by atoms with E-state index in [2.05, 4.69) is 13.0 Å². The molecule has 1 aliphatic carbocycles. The van der Waals surface area contributed by atoms with Gasteiger partial charge in [0.1, 0.15) is 17.1 Å². The highest BCUT2D eigenvalue weighted by atomic mass is 16.5. The van der Waals surface area contributed by atoms with Gasteiger partial charge in [-0.25, -0.2) is 0 Å². The van der Waals surface area contributed by atoms with Crippen LogP contribution in [0.1, 0.15) is 82.3 Å². The Bertz CT molecular complexity index is 783. The Labute approximate surface area is 146 Å². The van der Waals surface area contributed by atoms with Crippen molar-refractivity contribution in [3.8, 4) is 11.5 Å². The van der Waals surface area contributed by atoms with E-state index in [-0.39, 0.29) is 47.4 Å². The third kappa shape index (κ3) is 3.13. The molecule has 2 heteroatoms. The maximum atomic E-state index is 10.9. The van der Waals surface area contributed by atoms with Crippen LogP contribution in [0.2, 0.25) is 0 Å². The summed E-state index contributed by atoms with van der Waals surface area (Å²) in [6.45, 7) is 8.04. The molecule has 1 aromatic carbocycles. The zero-order valence-electron chi connectivity index (χ0n) is 18.6. The lowest BCUT2D eigenvalue weighted by molar-refractivity contribution is 0.0107. The maximum Gasteiger partial charge on any atom is 0.127 e. The summed E-state index contributed by atoms with van der Waals surface area (Å²) >= 11 is 0. The second-order valence-electron chi connectivity index (χ2n) is 7.39. The highest BCUT2D eigenvalue weighted by molar-refractivity contribution is 5.53. The van der Waals surface area contributed by atoms with Gasteiger partial charge in [0.15, 0.2) is 0 Å². The number of rotatable bonds is 4. The number of fused-ring (bicyclic) bond motifs is 3. The molecule has 1 N–H and O–H groups in total. The van der Waals surface area contributed by atoms with E-state index in [1.165, 1.54) is 5.57 Å². The quantitative estimate of drug-likeness (QED) is 0.718. The normalized spacial score (nSPS) is 28.3. The number of phenols is 1. The van der Waals surface area contributed by atoms with E-state index < -0.39 is 12.0 Å². The van der Waals surface area contributed by atoms with Crippen LogP contribution in [0.5, 0.6) is 11.5 Å². The highest BCUT2D eigenvalue weighted by Gasteiger charge is 2.45. The number of benzene rings is 1. The number of ether oxygens (including phenoxy) is 1. The van der Waals surface area contributed by atoms with E-state index >= 15 is 0 Å². The summed E-state index contributed by atoms with van der Waals surface area (Å²) in [7, 11) is 0. The molecule has 2 nitrogen and oxygen atoms in total. The number of allylic oxidation sites excluding steroid dienone is 2. The second kappa shape index (κ2) is 6.22. The summed E-state index contributed by atoms with van der Waals surface area (Å²) in [5, 5.41) is 10.9. The van der Waals surface area contributed by atoms with Crippen LogP contribution in [0.3, 0.4) is 0 Å². The number of unbranched alkanes of at least 4 members (excludes halogenated alkanes) is 1. The van der Waals surface area contributed by atoms with E-state index in [1.807, 2.05) is 20.8 Å². The predicted molar refractivity (Wildman–Crippen MR) is 95.3 cm³/mol. The van der Waals surface area contributed by atoms with Gasteiger partial charge in [-0.3, -0.25) is 0 Å². The lowest BCUT2D eigenvalue weighted by Crippen LogP contribution is -2.45. The van der Waals surface area contributed by atoms with Crippen LogP contribution in [0.15, 0.2) is 23.7 Å². The molecule has 1 aliphatic heterocycles. The molecule has 126 valence electrons. The summed E-state index contributed by atoms with van der Waals surface area (Å²) in [6.07, 6.45) is 3.88. The fourth-order valence-electron chi connectivity index (χ4n) is 3.85. The molecule has 0 spiro atoms. The van der Waals surface area contributed by atoms with Crippen molar-refractivity contribution >= 4 is 0 Å². The van der Waals surface area contributed by atoms with Crippen LogP contribution in [0.4, 0.5) is 0 Å². The van der Waals surface area contributed by atoms with Crippen molar-refractivity contribution in [3.05, 3.63) is 34.9 Å². The molecule has 2 atom stereocenters. The molecule has 0 bridgehead atoms. The number of hydrogen-bond donors (Lipinski definition) is 1. The van der Waals surface area contributed by atoms with Crippen LogP contribution in [0, 0.1) is 5.92 Å². The van der Waals surface area contributed by atoms with Crippen molar-refractivity contribution in [2.45, 2.75) is 77.7 Å². The lowest BCUT2D eigenvalue weighted by atomic mass is 9.68. The van der Waals surface area contributed by atoms with Crippen LogP contribution >= 0.6 is 0 Å². The Hall–Kier alpha value is -1.44. The van der Waals surface area contributed by atoms with Gasteiger partial charge in [0, 0.05) is 20.1 Å². The van der Waals surface area contributed by atoms with Crippen molar-refractivity contribution in [2.24, 2.45) is 5.92 Å². The summed E-state index contributed by atoms with van der Waals surface area (Å²) in [4.78, 5) is 0. The van der Waals surface area contributed by atoms with Crippen LogP contribution in [0.25, 0.3) is 0 Å². The topological polar surface area (TPSA) is 29.5 Å². The first-order chi connectivity index (χ1) is 12.5. The van der Waals surface area contributed by atoms with Gasteiger partial charge in [-0.15, -0.1) is 0 Å². The summed E-state index contributed by atoms with van der Waals surface area (Å²) in [6, 6.07) is -0.351. The molecule has 1 heterocycles. The predicted octanol–water partition coefficient (Wildman–Crippen LogP) is 5.74. The van der Waals surface area contributed by atoms with Gasteiger partial charge in [0.2, 0.25) is 0 Å². The number of phenolic OH excluding ortho intramolecular Hbond substituents is 1. The molecule has 0 aromatic heterocycles. The average Bonchev–Trinajstić information content (AvgIpc) is 2.57. The third-order valence-electron chi connectivity index (χ3n) is 5.15. The third-order valence-corrected chi connectivity index (χ3v) is 5.15. The van der Waals surface area contributed by atoms with Gasteiger partial charge in [-0.05, 0) is 64.1 Å². The minimum absolute atomic E-state index is 0.0574. The van der Waals surface area contributed by atoms with Crippen LogP contribution in [-0.2, 0) is 6.37 Å².